The van der Waals surface area contributed by atoms with E-state index in [2.05, 4.69) is 20.9 Å². The maximum Gasteiger partial charge on any atom is 0.251 e. The zero-order chi connectivity index (χ0) is 17.6. The number of benzene rings is 1. The average molecular weight is 462 g/mol. The van der Waals surface area contributed by atoms with Gasteiger partial charge in [-0.05, 0) is 38.0 Å². The second kappa shape index (κ2) is 14.9. The molecule has 1 aromatic rings. The molecule has 0 atom stereocenters. The van der Waals surface area contributed by atoms with Gasteiger partial charge < -0.3 is 20.7 Å². The number of hydrogen-bond donors (Lipinski definition) is 3. The van der Waals surface area contributed by atoms with Crippen LogP contribution in [0.4, 0.5) is 0 Å². The highest BCUT2D eigenvalue weighted by atomic mass is 127. The van der Waals surface area contributed by atoms with Gasteiger partial charge in [0, 0.05) is 31.8 Å². The van der Waals surface area contributed by atoms with Gasteiger partial charge >= 0.3 is 0 Å². The lowest BCUT2D eigenvalue weighted by Gasteiger charge is -2.11. The maximum atomic E-state index is 12.0. The van der Waals surface area contributed by atoms with Gasteiger partial charge in [0.1, 0.15) is 0 Å². The number of nitrogens with one attached hydrogen (secondary N) is 3. The highest BCUT2D eigenvalue weighted by molar-refractivity contribution is 14.0. The van der Waals surface area contributed by atoms with Crippen LogP contribution in [0.2, 0.25) is 0 Å². The van der Waals surface area contributed by atoms with E-state index in [0.717, 1.165) is 24.5 Å². The summed E-state index contributed by atoms with van der Waals surface area (Å²) < 4.78 is 5.31. The van der Waals surface area contributed by atoms with Crippen molar-refractivity contribution in [3.63, 3.8) is 0 Å². The number of amides is 1. The molecule has 0 aromatic heterocycles. The zero-order valence-corrected chi connectivity index (χ0v) is 17.8. The standard InChI is InChI=1S/C18H30N4O2.HI/c1-4-10-20-17(23)16-9-7-8-15(13-16)14-22-18(19-5-2)21-11-12-24-6-3;/h7-9,13H,4-6,10-12,14H2,1-3H3,(H,20,23)(H2,19,21,22);1H. The highest BCUT2D eigenvalue weighted by Gasteiger charge is 2.05. The van der Waals surface area contributed by atoms with Crippen LogP contribution in [0.1, 0.15) is 43.1 Å². The number of halogens is 1. The molecule has 3 N–H and O–H groups in total. The van der Waals surface area contributed by atoms with Gasteiger partial charge in [-0.25, -0.2) is 4.99 Å². The van der Waals surface area contributed by atoms with Gasteiger partial charge in [0.05, 0.1) is 13.2 Å². The van der Waals surface area contributed by atoms with Crippen molar-refractivity contribution in [3.8, 4) is 0 Å². The van der Waals surface area contributed by atoms with Crippen molar-refractivity contribution in [3.05, 3.63) is 35.4 Å². The lowest BCUT2D eigenvalue weighted by molar-refractivity contribution is 0.0953. The summed E-state index contributed by atoms with van der Waals surface area (Å²) >= 11 is 0. The van der Waals surface area contributed by atoms with Crippen LogP contribution in [0.3, 0.4) is 0 Å². The maximum absolute atomic E-state index is 12.0. The number of aliphatic imine (C=N–C) groups is 1. The summed E-state index contributed by atoms with van der Waals surface area (Å²) in [7, 11) is 0. The highest BCUT2D eigenvalue weighted by Crippen LogP contribution is 2.06. The van der Waals surface area contributed by atoms with Gasteiger partial charge in [0.2, 0.25) is 0 Å². The molecule has 0 aliphatic carbocycles. The lowest BCUT2D eigenvalue weighted by atomic mass is 10.1. The number of nitrogens with zero attached hydrogens (tertiary/aromatic N) is 1. The molecule has 0 aliphatic heterocycles. The minimum Gasteiger partial charge on any atom is -0.380 e. The summed E-state index contributed by atoms with van der Waals surface area (Å²) in [5.74, 6) is 0.711. The Hall–Kier alpha value is -1.35. The topological polar surface area (TPSA) is 74.8 Å². The summed E-state index contributed by atoms with van der Waals surface area (Å²) in [5.41, 5.74) is 1.67. The Morgan fingerprint density at radius 1 is 1.12 bits per heavy atom. The first-order chi connectivity index (χ1) is 11.7. The molecule has 142 valence electrons. The summed E-state index contributed by atoms with van der Waals surface area (Å²) in [4.78, 5) is 16.6. The zero-order valence-electron chi connectivity index (χ0n) is 15.4. The summed E-state index contributed by atoms with van der Waals surface area (Å²) in [5, 5.41) is 9.31. The number of carbonyl (C=O) groups is 1. The van der Waals surface area contributed by atoms with Crippen molar-refractivity contribution in [2.24, 2.45) is 4.99 Å². The largest absolute Gasteiger partial charge is 0.380 e. The Morgan fingerprint density at radius 2 is 1.92 bits per heavy atom. The Kier molecular flexibility index (Phi) is 14.1. The molecule has 6 nitrogen and oxygen atoms in total. The fraction of sp³-hybridized carbons (Fsp3) is 0.556. The monoisotopic (exact) mass is 462 g/mol. The van der Waals surface area contributed by atoms with Crippen molar-refractivity contribution in [2.75, 3.05) is 32.8 Å². The van der Waals surface area contributed by atoms with Crippen LogP contribution in [-0.2, 0) is 11.3 Å². The Bertz CT molecular complexity index is 524. The van der Waals surface area contributed by atoms with Gasteiger partial charge in [-0.1, -0.05) is 19.1 Å². The van der Waals surface area contributed by atoms with Crippen LogP contribution in [0.25, 0.3) is 0 Å². The van der Waals surface area contributed by atoms with E-state index < -0.39 is 0 Å². The fourth-order valence-electron chi connectivity index (χ4n) is 2.05. The van der Waals surface area contributed by atoms with Crippen LogP contribution in [-0.4, -0.2) is 44.7 Å². The van der Waals surface area contributed by atoms with E-state index in [4.69, 9.17) is 4.74 Å². The van der Waals surface area contributed by atoms with E-state index in [-0.39, 0.29) is 29.9 Å². The molecule has 7 heteroatoms. The summed E-state index contributed by atoms with van der Waals surface area (Å²) in [6, 6.07) is 7.58. The molecule has 0 fully saturated rings. The van der Waals surface area contributed by atoms with E-state index in [9.17, 15) is 4.79 Å². The molecule has 0 aliphatic rings. The molecule has 0 saturated heterocycles. The van der Waals surface area contributed by atoms with Crippen molar-refractivity contribution in [1.29, 1.82) is 0 Å². The van der Waals surface area contributed by atoms with Gasteiger partial charge in [-0.3, -0.25) is 4.79 Å². The molecule has 1 amide bonds. The average Bonchev–Trinajstić information content (AvgIpc) is 2.61. The first-order valence-electron chi connectivity index (χ1n) is 8.68. The van der Waals surface area contributed by atoms with Crippen LogP contribution >= 0.6 is 24.0 Å². The molecule has 0 saturated carbocycles. The molecule has 0 spiro atoms. The third-order valence-corrected chi connectivity index (χ3v) is 3.23. The number of guanidine groups is 1. The number of rotatable bonds is 10. The van der Waals surface area contributed by atoms with E-state index in [1.807, 2.05) is 45.0 Å². The predicted octanol–water partition coefficient (Wildman–Crippen LogP) is 2.54. The molecule has 0 unspecified atom stereocenters. The van der Waals surface area contributed by atoms with Gasteiger partial charge in [-0.15, -0.1) is 24.0 Å². The number of carbonyl (C=O) groups excluding carboxylic acids is 1. The molecule has 25 heavy (non-hydrogen) atoms. The smallest absolute Gasteiger partial charge is 0.251 e. The van der Waals surface area contributed by atoms with Gasteiger partial charge in [0.25, 0.3) is 5.91 Å². The summed E-state index contributed by atoms with van der Waals surface area (Å²) in [6.07, 6.45) is 0.926. The van der Waals surface area contributed by atoms with Crippen molar-refractivity contribution in [2.45, 2.75) is 33.7 Å². The first kappa shape index (κ1) is 23.6. The second-order valence-electron chi connectivity index (χ2n) is 5.28. The molecule has 0 radical (unpaired) electrons. The molecule has 0 heterocycles. The van der Waals surface area contributed by atoms with Crippen molar-refractivity contribution < 1.29 is 9.53 Å². The third-order valence-electron chi connectivity index (χ3n) is 3.23. The van der Waals surface area contributed by atoms with Crippen LogP contribution in [0.15, 0.2) is 29.3 Å². The van der Waals surface area contributed by atoms with Crippen LogP contribution in [0, 0.1) is 0 Å². The SMILES string of the molecule is CCCNC(=O)c1cccc(CN=C(NCC)NCCOCC)c1.I. The normalized spacial score (nSPS) is 10.8. The first-order valence-corrected chi connectivity index (χ1v) is 8.68. The lowest BCUT2D eigenvalue weighted by Crippen LogP contribution is -2.39. The Morgan fingerprint density at radius 3 is 2.60 bits per heavy atom. The molecular formula is C18H31IN4O2. The summed E-state index contributed by atoms with van der Waals surface area (Å²) in [6.45, 7) is 10.1. The fourth-order valence-corrected chi connectivity index (χ4v) is 2.05. The Labute approximate surface area is 168 Å². The van der Waals surface area contributed by atoms with E-state index in [0.29, 0.717) is 38.4 Å². The Balaban J connectivity index is 0.00000576. The van der Waals surface area contributed by atoms with Gasteiger partial charge in [0.15, 0.2) is 5.96 Å². The predicted molar refractivity (Wildman–Crippen MR) is 114 cm³/mol. The van der Waals surface area contributed by atoms with E-state index >= 15 is 0 Å². The molecular weight excluding hydrogens is 431 g/mol. The quantitative estimate of drug-likeness (QED) is 0.216. The van der Waals surface area contributed by atoms with Gasteiger partial charge in [-0.2, -0.15) is 0 Å². The number of hydrogen-bond acceptors (Lipinski definition) is 3. The third kappa shape index (κ3) is 10.3. The van der Waals surface area contributed by atoms with Crippen LogP contribution in [0.5, 0.6) is 0 Å². The minimum atomic E-state index is -0.0376. The molecule has 0 bridgehead atoms. The van der Waals surface area contributed by atoms with E-state index in [1.165, 1.54) is 0 Å². The minimum absolute atomic E-state index is 0. The van der Waals surface area contributed by atoms with Crippen molar-refractivity contribution >= 4 is 35.8 Å². The van der Waals surface area contributed by atoms with Crippen molar-refractivity contribution in [1.82, 2.24) is 16.0 Å². The van der Waals surface area contributed by atoms with Crippen LogP contribution < -0.4 is 16.0 Å². The molecule has 1 aromatic carbocycles. The number of ether oxygens (including phenoxy) is 1. The molecule has 1 rings (SSSR count). The van der Waals surface area contributed by atoms with E-state index in [1.54, 1.807) is 0 Å². The second-order valence-corrected chi connectivity index (χ2v) is 5.28.